The summed E-state index contributed by atoms with van der Waals surface area (Å²) in [4.78, 5) is 43.2. The number of guanidine groups is 1. The van der Waals surface area contributed by atoms with Crippen LogP contribution in [0.1, 0.15) is 52.7 Å². The van der Waals surface area contributed by atoms with Gasteiger partial charge in [-0.3, -0.25) is 19.4 Å². The average Bonchev–Trinajstić information content (AvgIpc) is 3.19. The summed E-state index contributed by atoms with van der Waals surface area (Å²) in [6.45, 7) is 1.43. The number of aryl methyl sites for hydroxylation is 2. The molecule has 210 valence electrons. The molecule has 1 heterocycles. The van der Waals surface area contributed by atoms with Gasteiger partial charge in [0.05, 0.1) is 12.3 Å². The number of carbonyl (C=O) groups excluding carboxylic acids is 2. The fourth-order valence-electron chi connectivity index (χ4n) is 5.61. The minimum atomic E-state index is -0.980. The van der Waals surface area contributed by atoms with Crippen LogP contribution in [0.2, 0.25) is 0 Å². The van der Waals surface area contributed by atoms with E-state index in [0.717, 1.165) is 32.1 Å². The van der Waals surface area contributed by atoms with Gasteiger partial charge in [0.1, 0.15) is 0 Å². The predicted octanol–water partition coefficient (Wildman–Crippen LogP) is 1.29. The number of aliphatic imine (C=N–C) groups is 1. The Hall–Kier alpha value is -3.92. The van der Waals surface area contributed by atoms with Gasteiger partial charge < -0.3 is 32.3 Å². The maximum atomic E-state index is 13.0. The first-order valence-corrected chi connectivity index (χ1v) is 13.3. The van der Waals surface area contributed by atoms with E-state index < -0.39 is 11.9 Å². The lowest BCUT2D eigenvalue weighted by molar-refractivity contribution is -0.142. The Labute approximate surface area is 228 Å². The Kier molecular flexibility index (Phi) is 10.4. The van der Waals surface area contributed by atoms with Crippen molar-refractivity contribution < 1.29 is 25.0 Å². The lowest BCUT2D eigenvalue weighted by Crippen LogP contribution is -2.42. The number of carboxylic acid groups (broad SMARTS) is 1. The molecule has 0 bridgehead atoms. The van der Waals surface area contributed by atoms with Gasteiger partial charge in [0.2, 0.25) is 5.91 Å². The number of nitrogens with zero attached hydrogens (tertiary/aromatic N) is 2. The molecule has 1 saturated heterocycles. The first kappa shape index (κ1) is 29.6. The van der Waals surface area contributed by atoms with Crippen LogP contribution in [0.3, 0.4) is 0 Å². The van der Waals surface area contributed by atoms with Crippen LogP contribution in [0.5, 0.6) is 0 Å². The molecular formula is C29H39N5O5. The molecule has 0 saturated carbocycles. The van der Waals surface area contributed by atoms with E-state index in [1.807, 2.05) is 36.4 Å². The van der Waals surface area contributed by atoms with E-state index in [2.05, 4.69) is 22.4 Å². The average molecular weight is 538 g/mol. The smallest absolute Gasteiger partial charge is 0.304 e. The molecule has 0 radical (unpaired) electrons. The van der Waals surface area contributed by atoms with Crippen molar-refractivity contribution in [3.05, 3.63) is 70.8 Å². The number of likely N-dealkylation sites (tertiary alicyclic amines) is 1. The van der Waals surface area contributed by atoms with Gasteiger partial charge in [-0.1, -0.05) is 36.4 Å². The second-order valence-electron chi connectivity index (χ2n) is 10.4. The molecule has 2 amide bonds. The molecule has 2 aliphatic rings. The summed E-state index contributed by atoms with van der Waals surface area (Å²) < 4.78 is 0. The highest BCUT2D eigenvalue weighted by atomic mass is 16.4. The zero-order chi connectivity index (χ0) is 27.1. The van der Waals surface area contributed by atoms with Crippen molar-refractivity contribution in [3.63, 3.8) is 0 Å². The monoisotopic (exact) mass is 537 g/mol. The summed E-state index contributed by atoms with van der Waals surface area (Å²) in [5.41, 5.74) is 15.1. The van der Waals surface area contributed by atoms with Crippen molar-refractivity contribution in [1.29, 1.82) is 0 Å². The molecule has 8 N–H and O–H groups in total. The standard InChI is InChI=1S/C29H37N5O4.H2O/c30-29(31)33-17-20-8-9-22-14-23(11-10-21(22)13-20)27(37)32-18-25-15-24(16-26(35)36)28(38)34(25)12-4-7-19-5-2-1-3-6-19;/h1-3,5-6,10-11,14,20,24-25H,4,7-9,12-13,15-18H2,(H,32,37)(H,35,36)(H4,30,31,33);1H2/t20?,24-,25-;/m0./s1. The van der Waals surface area contributed by atoms with Crippen LogP contribution in [0, 0.1) is 11.8 Å². The summed E-state index contributed by atoms with van der Waals surface area (Å²) in [6.07, 6.45) is 4.54. The van der Waals surface area contributed by atoms with Gasteiger partial charge in [-0.2, -0.15) is 0 Å². The molecule has 39 heavy (non-hydrogen) atoms. The molecule has 2 aromatic rings. The highest BCUT2D eigenvalue weighted by Gasteiger charge is 2.40. The second-order valence-corrected chi connectivity index (χ2v) is 10.4. The molecule has 0 spiro atoms. The molecular weight excluding hydrogens is 498 g/mol. The molecule has 10 nitrogen and oxygen atoms in total. The van der Waals surface area contributed by atoms with E-state index in [-0.39, 0.29) is 35.7 Å². The molecule has 3 atom stereocenters. The van der Waals surface area contributed by atoms with Crippen LogP contribution < -0.4 is 16.8 Å². The molecule has 0 aromatic heterocycles. The lowest BCUT2D eigenvalue weighted by Gasteiger charge is -2.26. The van der Waals surface area contributed by atoms with Gasteiger partial charge in [-0.05, 0) is 73.3 Å². The number of aliphatic carboxylic acids is 1. The van der Waals surface area contributed by atoms with Gasteiger partial charge >= 0.3 is 5.97 Å². The number of hydrogen-bond donors (Lipinski definition) is 4. The summed E-state index contributed by atoms with van der Waals surface area (Å²) in [5.74, 6) is -1.36. The highest BCUT2D eigenvalue weighted by Crippen LogP contribution is 2.29. The van der Waals surface area contributed by atoms with Gasteiger partial charge in [-0.15, -0.1) is 0 Å². The third kappa shape index (κ3) is 8.03. The second kappa shape index (κ2) is 13.7. The molecule has 2 aromatic carbocycles. The third-order valence-electron chi connectivity index (χ3n) is 7.59. The van der Waals surface area contributed by atoms with Crippen molar-refractivity contribution >= 4 is 23.7 Å². The van der Waals surface area contributed by atoms with Gasteiger partial charge in [0.15, 0.2) is 5.96 Å². The van der Waals surface area contributed by atoms with Crippen LogP contribution in [-0.2, 0) is 28.9 Å². The largest absolute Gasteiger partial charge is 0.481 e. The van der Waals surface area contributed by atoms with E-state index in [0.29, 0.717) is 37.5 Å². The number of carboxylic acids is 1. The Morgan fingerprint density at radius 2 is 1.87 bits per heavy atom. The minimum Gasteiger partial charge on any atom is -0.481 e. The number of carbonyl (C=O) groups is 3. The minimum absolute atomic E-state index is 0. The van der Waals surface area contributed by atoms with E-state index in [4.69, 9.17) is 11.5 Å². The van der Waals surface area contributed by atoms with E-state index in [1.165, 1.54) is 16.7 Å². The van der Waals surface area contributed by atoms with Crippen LogP contribution in [0.25, 0.3) is 0 Å². The zero-order valence-corrected chi connectivity index (χ0v) is 22.1. The summed E-state index contributed by atoms with van der Waals surface area (Å²) in [6, 6.07) is 15.6. The molecule has 1 aliphatic heterocycles. The van der Waals surface area contributed by atoms with E-state index in [1.54, 1.807) is 4.90 Å². The number of fused-ring (bicyclic) bond motifs is 1. The number of benzene rings is 2. The zero-order valence-electron chi connectivity index (χ0n) is 22.1. The number of nitrogens with two attached hydrogens (primary N) is 2. The number of nitrogens with one attached hydrogen (secondary N) is 1. The predicted molar refractivity (Wildman–Crippen MR) is 149 cm³/mol. The van der Waals surface area contributed by atoms with Crippen molar-refractivity contribution in [2.45, 2.75) is 51.0 Å². The van der Waals surface area contributed by atoms with Crippen molar-refractivity contribution in [2.24, 2.45) is 28.3 Å². The Morgan fingerprint density at radius 1 is 1.10 bits per heavy atom. The molecule has 1 aliphatic carbocycles. The number of amides is 2. The SMILES string of the molecule is NC(N)=NCC1CCc2cc(C(=O)NC[C@@H]3C[C@@H](CC(=O)O)C(=O)N3CCCc3ccccc3)ccc2C1.O. The quantitative estimate of drug-likeness (QED) is 0.247. The Morgan fingerprint density at radius 3 is 2.59 bits per heavy atom. The topological polar surface area (TPSA) is 183 Å². The van der Waals surface area contributed by atoms with Crippen molar-refractivity contribution in [2.75, 3.05) is 19.6 Å². The van der Waals surface area contributed by atoms with E-state index in [9.17, 15) is 19.5 Å². The van der Waals surface area contributed by atoms with Crippen LogP contribution >= 0.6 is 0 Å². The first-order valence-electron chi connectivity index (χ1n) is 13.3. The normalized spacial score (nSPS) is 20.1. The Bertz CT molecular complexity index is 1180. The van der Waals surface area contributed by atoms with Crippen molar-refractivity contribution in [1.82, 2.24) is 10.2 Å². The maximum absolute atomic E-state index is 13.0. The lowest BCUT2D eigenvalue weighted by atomic mass is 9.83. The van der Waals surface area contributed by atoms with Gasteiger partial charge in [0, 0.05) is 31.2 Å². The first-order chi connectivity index (χ1) is 18.3. The van der Waals surface area contributed by atoms with Crippen LogP contribution in [0.4, 0.5) is 0 Å². The van der Waals surface area contributed by atoms with E-state index >= 15 is 0 Å². The summed E-state index contributed by atoms with van der Waals surface area (Å²) in [7, 11) is 0. The summed E-state index contributed by atoms with van der Waals surface area (Å²) in [5, 5.41) is 12.3. The fraction of sp³-hybridized carbons (Fsp3) is 0.448. The molecule has 1 unspecified atom stereocenters. The van der Waals surface area contributed by atoms with Gasteiger partial charge in [-0.25, -0.2) is 0 Å². The number of rotatable bonds is 11. The van der Waals surface area contributed by atoms with Gasteiger partial charge in [0.25, 0.3) is 5.91 Å². The third-order valence-corrected chi connectivity index (χ3v) is 7.59. The summed E-state index contributed by atoms with van der Waals surface area (Å²) >= 11 is 0. The molecule has 4 rings (SSSR count). The van der Waals surface area contributed by atoms with Crippen molar-refractivity contribution in [3.8, 4) is 0 Å². The van der Waals surface area contributed by atoms with Crippen LogP contribution in [0.15, 0.2) is 53.5 Å². The maximum Gasteiger partial charge on any atom is 0.304 e. The molecule has 10 heteroatoms. The molecule has 1 fully saturated rings. The highest BCUT2D eigenvalue weighted by molar-refractivity contribution is 5.94. The number of hydrogen-bond acceptors (Lipinski definition) is 4. The Balaban J connectivity index is 0.00000420. The fourth-order valence-corrected chi connectivity index (χ4v) is 5.61. The van der Waals surface area contributed by atoms with Crippen LogP contribution in [-0.4, -0.2) is 64.9 Å².